The van der Waals surface area contributed by atoms with Crippen molar-refractivity contribution >= 4 is 34.9 Å². The lowest BCUT2D eigenvalue weighted by atomic mass is 9.84. The van der Waals surface area contributed by atoms with Crippen LogP contribution in [0.15, 0.2) is 18.2 Å². The molecule has 7 heteroatoms. The molecule has 150 valence electrons. The summed E-state index contributed by atoms with van der Waals surface area (Å²) in [4.78, 5) is 15.2. The maximum absolute atomic E-state index is 11.5. The van der Waals surface area contributed by atoms with Crippen molar-refractivity contribution < 1.29 is 10.3 Å². The van der Waals surface area contributed by atoms with E-state index in [0.29, 0.717) is 61.9 Å². The molecule has 1 saturated carbocycles. The van der Waals surface area contributed by atoms with Crippen molar-refractivity contribution in [2.45, 2.75) is 38.1 Å². The van der Waals surface area contributed by atoms with Crippen LogP contribution in [0.3, 0.4) is 0 Å². The quantitative estimate of drug-likeness (QED) is 0.762. The minimum absolute atomic E-state index is 0.00357. The summed E-state index contributed by atoms with van der Waals surface area (Å²) in [6.45, 7) is -0.230. The number of carbonyl (C=O) groups is 1. The van der Waals surface area contributed by atoms with E-state index in [2.05, 4.69) is 15.5 Å². The molecule has 1 heterocycles. The third-order valence-electron chi connectivity index (χ3n) is 5.27. The zero-order valence-corrected chi connectivity index (χ0v) is 17.1. The van der Waals surface area contributed by atoms with Gasteiger partial charge in [-0.25, -0.2) is 4.79 Å². The highest BCUT2D eigenvalue weighted by Crippen LogP contribution is 2.33. The molecule has 5 nitrogen and oxygen atoms in total. The molecule has 1 aromatic carbocycles. The van der Waals surface area contributed by atoms with Crippen molar-refractivity contribution in [1.29, 1.82) is 0 Å². The van der Waals surface area contributed by atoms with Gasteiger partial charge < -0.3 is 15.5 Å². The topological polar surface area (TPSA) is 47.6 Å². The third kappa shape index (κ3) is 5.66. The first-order valence-corrected chi connectivity index (χ1v) is 10.3. The van der Waals surface area contributed by atoms with Crippen molar-refractivity contribution in [3.8, 4) is 0 Å². The molecule has 0 spiro atoms. The second-order valence-electron chi connectivity index (χ2n) is 7.08. The Morgan fingerprint density at radius 1 is 1.19 bits per heavy atom. The van der Waals surface area contributed by atoms with Crippen molar-refractivity contribution in [2.24, 2.45) is 5.92 Å². The van der Waals surface area contributed by atoms with Crippen LogP contribution in [-0.4, -0.2) is 56.7 Å². The SMILES string of the molecule is [2H]C([2H])(C1CCC(NC(=O)NC)CC1)C([2H])([2H])N1CCN(c2cccc(Cl)c2Cl)CC1. The summed E-state index contributed by atoms with van der Waals surface area (Å²) < 4.78 is 34.7. The first kappa shape index (κ1) is 15.7. The Labute approximate surface area is 178 Å². The number of amides is 2. The Hall–Kier alpha value is -1.17. The van der Waals surface area contributed by atoms with E-state index >= 15 is 0 Å². The number of anilines is 1. The number of hydrogen-bond donors (Lipinski definition) is 2. The van der Waals surface area contributed by atoms with Crippen LogP contribution in [0.5, 0.6) is 0 Å². The smallest absolute Gasteiger partial charge is 0.314 e. The fourth-order valence-electron chi connectivity index (χ4n) is 3.62. The number of benzene rings is 1. The van der Waals surface area contributed by atoms with Crippen LogP contribution < -0.4 is 15.5 Å². The van der Waals surface area contributed by atoms with Crippen molar-refractivity contribution in [2.75, 3.05) is 44.6 Å². The van der Waals surface area contributed by atoms with Crippen molar-refractivity contribution in [3.05, 3.63) is 28.2 Å². The van der Waals surface area contributed by atoms with E-state index in [1.54, 1.807) is 18.0 Å². The largest absolute Gasteiger partial charge is 0.368 e. The highest BCUT2D eigenvalue weighted by Gasteiger charge is 2.24. The summed E-state index contributed by atoms with van der Waals surface area (Å²) in [5.74, 6) is -0.398. The average Bonchev–Trinajstić information content (AvgIpc) is 2.76. The Morgan fingerprint density at radius 3 is 2.56 bits per heavy atom. The Balaban J connectivity index is 1.61. The molecule has 2 fully saturated rings. The lowest BCUT2D eigenvalue weighted by molar-refractivity contribution is 0.206. The molecule has 0 atom stereocenters. The van der Waals surface area contributed by atoms with Gasteiger partial charge in [-0.05, 0) is 56.6 Å². The van der Waals surface area contributed by atoms with Crippen LogP contribution in [0.1, 0.15) is 37.5 Å². The van der Waals surface area contributed by atoms with Gasteiger partial charge in [-0.3, -0.25) is 4.90 Å². The number of rotatable bonds is 5. The summed E-state index contributed by atoms with van der Waals surface area (Å²) in [5.41, 5.74) is 0.819. The average molecular weight is 417 g/mol. The van der Waals surface area contributed by atoms with Gasteiger partial charge in [0.05, 0.1) is 15.7 Å². The number of carbonyl (C=O) groups excluding carboxylic acids is 1. The first-order chi connectivity index (χ1) is 14.6. The summed E-state index contributed by atoms with van der Waals surface area (Å²) in [6.07, 6.45) is 0.378. The van der Waals surface area contributed by atoms with E-state index in [-0.39, 0.29) is 12.1 Å². The maximum Gasteiger partial charge on any atom is 0.314 e. The van der Waals surface area contributed by atoms with Crippen LogP contribution in [0.25, 0.3) is 0 Å². The number of nitrogens with zero attached hydrogens (tertiary/aromatic N) is 2. The monoisotopic (exact) mass is 416 g/mol. The summed E-state index contributed by atoms with van der Waals surface area (Å²) in [7, 11) is 1.56. The number of urea groups is 1. The van der Waals surface area contributed by atoms with Gasteiger partial charge in [-0.1, -0.05) is 29.3 Å². The van der Waals surface area contributed by atoms with Gasteiger partial charge in [0.15, 0.2) is 0 Å². The minimum atomic E-state index is -2.09. The maximum atomic E-state index is 11.5. The molecule has 0 bridgehead atoms. The molecule has 0 aromatic heterocycles. The van der Waals surface area contributed by atoms with Crippen LogP contribution >= 0.6 is 23.2 Å². The lowest BCUT2D eigenvalue weighted by Gasteiger charge is -2.37. The van der Waals surface area contributed by atoms with Crippen LogP contribution in [-0.2, 0) is 0 Å². The molecule has 1 aliphatic carbocycles. The number of piperazine rings is 1. The molecule has 0 unspecified atom stereocenters. The number of halogens is 2. The summed E-state index contributed by atoms with van der Waals surface area (Å²) in [6, 6.07) is 5.23. The molecule has 0 radical (unpaired) electrons. The minimum Gasteiger partial charge on any atom is -0.368 e. The Kier molecular flexibility index (Phi) is 5.74. The van der Waals surface area contributed by atoms with E-state index in [1.807, 2.05) is 12.1 Å². The van der Waals surface area contributed by atoms with Gasteiger partial charge in [-0.15, -0.1) is 0 Å². The zero-order chi connectivity index (χ0) is 22.8. The molecule has 2 N–H and O–H groups in total. The van der Waals surface area contributed by atoms with Crippen LogP contribution in [0.4, 0.5) is 10.5 Å². The molecule has 2 aliphatic rings. The molecule has 1 aliphatic heterocycles. The van der Waals surface area contributed by atoms with Gasteiger partial charge in [0, 0.05) is 44.8 Å². The lowest BCUT2D eigenvalue weighted by Crippen LogP contribution is -2.47. The summed E-state index contributed by atoms with van der Waals surface area (Å²) in [5, 5.41) is 6.37. The Bertz CT molecular complexity index is 782. The highest BCUT2D eigenvalue weighted by molar-refractivity contribution is 6.43. The van der Waals surface area contributed by atoms with E-state index in [1.165, 1.54) is 0 Å². The fourth-order valence-corrected chi connectivity index (χ4v) is 4.03. The second kappa shape index (κ2) is 9.85. The van der Waals surface area contributed by atoms with Gasteiger partial charge in [0.1, 0.15) is 0 Å². The van der Waals surface area contributed by atoms with Gasteiger partial charge >= 0.3 is 6.03 Å². The molecular weight excluding hydrogens is 383 g/mol. The molecule has 3 rings (SSSR count). The molecule has 27 heavy (non-hydrogen) atoms. The normalized spacial score (nSPS) is 27.1. The predicted molar refractivity (Wildman–Crippen MR) is 113 cm³/mol. The molecule has 1 aromatic rings. The Morgan fingerprint density at radius 2 is 1.89 bits per heavy atom. The van der Waals surface area contributed by atoms with Crippen LogP contribution in [0, 0.1) is 5.92 Å². The molecule has 2 amide bonds. The first-order valence-electron chi connectivity index (χ1n) is 11.5. The van der Waals surface area contributed by atoms with E-state index in [0.717, 1.165) is 5.69 Å². The van der Waals surface area contributed by atoms with Crippen molar-refractivity contribution in [3.63, 3.8) is 0 Å². The third-order valence-corrected chi connectivity index (χ3v) is 6.08. The highest BCUT2D eigenvalue weighted by atomic mass is 35.5. The van der Waals surface area contributed by atoms with E-state index in [4.69, 9.17) is 28.7 Å². The van der Waals surface area contributed by atoms with Gasteiger partial charge in [-0.2, -0.15) is 0 Å². The number of hydrogen-bond acceptors (Lipinski definition) is 3. The fraction of sp³-hybridized carbons (Fsp3) is 0.650. The van der Waals surface area contributed by atoms with E-state index < -0.39 is 18.8 Å². The number of nitrogens with one attached hydrogen (secondary N) is 2. The standard InChI is InChI=1S/C20H30Cl2N4O/c1-23-20(27)24-16-7-5-15(6-8-16)9-10-25-11-13-26(14-12-25)18-4-2-3-17(21)19(18)22/h2-4,15-16H,5-14H2,1H3,(H2,23,24,27)/i9D2,10D2. The van der Waals surface area contributed by atoms with Gasteiger partial charge in [0.2, 0.25) is 0 Å². The van der Waals surface area contributed by atoms with Crippen molar-refractivity contribution in [1.82, 2.24) is 15.5 Å². The predicted octanol–water partition coefficient (Wildman–Crippen LogP) is 3.99. The molecular formula is C20H30Cl2N4O. The second-order valence-corrected chi connectivity index (χ2v) is 7.86. The van der Waals surface area contributed by atoms with Gasteiger partial charge in [0.25, 0.3) is 0 Å². The van der Waals surface area contributed by atoms with Crippen LogP contribution in [0.2, 0.25) is 10.0 Å². The summed E-state index contributed by atoms with van der Waals surface area (Å²) >= 11 is 12.4. The zero-order valence-electron chi connectivity index (χ0n) is 19.6. The molecule has 1 saturated heterocycles. The van der Waals surface area contributed by atoms with E-state index in [9.17, 15) is 4.79 Å².